The average molecular weight is 388 g/mol. The van der Waals surface area contributed by atoms with E-state index in [0.29, 0.717) is 37.0 Å². The Morgan fingerprint density at radius 1 is 1.22 bits per heavy atom. The minimum absolute atomic E-state index is 0.0280. The quantitative estimate of drug-likeness (QED) is 0.549. The summed E-state index contributed by atoms with van der Waals surface area (Å²) in [6, 6.07) is 7.00. The molecule has 0 bridgehead atoms. The summed E-state index contributed by atoms with van der Waals surface area (Å²) in [6.07, 6.45) is 3.18. The largest absolute Gasteiger partial charge is 0.484 e. The topological polar surface area (TPSA) is 76.2 Å². The monoisotopic (exact) mass is 388 g/mol. The van der Waals surface area contributed by atoms with Crippen molar-refractivity contribution in [3.8, 4) is 5.75 Å². The lowest BCUT2D eigenvalue weighted by Crippen LogP contribution is -2.42. The van der Waals surface area contributed by atoms with Crippen molar-refractivity contribution >= 4 is 34.9 Å². The highest BCUT2D eigenvalue weighted by atomic mass is 32.2. The molecule has 2 heterocycles. The molecule has 2 saturated heterocycles. The van der Waals surface area contributed by atoms with Gasteiger partial charge in [-0.1, -0.05) is 18.2 Å². The van der Waals surface area contributed by atoms with Crippen LogP contribution in [0.15, 0.2) is 41.8 Å². The molecule has 3 rings (SSSR count). The molecule has 2 aliphatic rings. The molecule has 7 nitrogen and oxygen atoms in total. The molecule has 2 fully saturated rings. The Morgan fingerprint density at radius 3 is 2.59 bits per heavy atom. The van der Waals surface area contributed by atoms with Gasteiger partial charge in [-0.15, -0.1) is 6.58 Å². The lowest BCUT2D eigenvalue weighted by Gasteiger charge is -2.26. The molecule has 0 aromatic heterocycles. The third kappa shape index (κ3) is 4.78. The van der Waals surface area contributed by atoms with E-state index in [-0.39, 0.29) is 30.2 Å². The van der Waals surface area contributed by atoms with Crippen LogP contribution in [-0.4, -0.2) is 66.3 Å². The zero-order valence-electron chi connectivity index (χ0n) is 14.8. The van der Waals surface area contributed by atoms with Crippen LogP contribution in [0.4, 0.5) is 4.79 Å². The highest BCUT2D eigenvalue weighted by molar-refractivity contribution is 8.18. The van der Waals surface area contributed by atoms with Gasteiger partial charge in [0.1, 0.15) is 5.75 Å². The molecule has 0 spiro atoms. The van der Waals surface area contributed by atoms with Crippen molar-refractivity contribution in [1.82, 2.24) is 9.80 Å². The number of nitrogens with zero attached hydrogens (tertiary/aromatic N) is 2. The number of rotatable bonds is 6. The second-order valence-corrected chi connectivity index (χ2v) is 6.93. The number of hydrogen-bond donors (Lipinski definition) is 0. The van der Waals surface area contributed by atoms with Crippen LogP contribution in [0.1, 0.15) is 5.56 Å². The maximum Gasteiger partial charge on any atom is 0.293 e. The second kappa shape index (κ2) is 8.88. The summed E-state index contributed by atoms with van der Waals surface area (Å²) in [6.45, 7) is 6.00. The van der Waals surface area contributed by atoms with Crippen LogP contribution in [-0.2, 0) is 14.3 Å². The van der Waals surface area contributed by atoms with E-state index in [9.17, 15) is 14.4 Å². The van der Waals surface area contributed by atoms with Crippen molar-refractivity contribution in [1.29, 1.82) is 0 Å². The van der Waals surface area contributed by atoms with Gasteiger partial charge in [0.05, 0.1) is 18.1 Å². The third-order valence-corrected chi connectivity index (χ3v) is 5.00. The summed E-state index contributed by atoms with van der Waals surface area (Å²) in [5.74, 6) is 0.174. The zero-order chi connectivity index (χ0) is 19.2. The summed E-state index contributed by atoms with van der Waals surface area (Å²) in [5, 5.41) is -0.298. The molecule has 0 aliphatic carbocycles. The van der Waals surface area contributed by atoms with Crippen molar-refractivity contribution in [3.05, 3.63) is 47.4 Å². The standard InChI is InChI=1S/C19H20N2O5S/c1-2-7-21-18(23)16(27-19(21)24)12-14-3-5-15(6-4-14)26-13-17(22)20-8-10-25-11-9-20/h2-6,12H,1,7-11,13H2/b16-12-. The maximum absolute atomic E-state index is 12.2. The van der Waals surface area contributed by atoms with Crippen molar-refractivity contribution in [2.24, 2.45) is 0 Å². The van der Waals surface area contributed by atoms with E-state index in [1.54, 1.807) is 35.2 Å². The summed E-state index contributed by atoms with van der Waals surface area (Å²) in [4.78, 5) is 39.3. The molecule has 8 heteroatoms. The number of benzene rings is 1. The number of hydrogen-bond acceptors (Lipinski definition) is 6. The normalized spacial score (nSPS) is 18.9. The molecule has 142 valence electrons. The van der Waals surface area contributed by atoms with Crippen LogP contribution in [0.5, 0.6) is 5.75 Å². The molecular weight excluding hydrogens is 368 g/mol. The van der Waals surface area contributed by atoms with Gasteiger partial charge in [0.25, 0.3) is 17.1 Å². The molecular formula is C19H20N2O5S. The first kappa shape index (κ1) is 19.2. The van der Waals surface area contributed by atoms with Gasteiger partial charge in [-0.2, -0.15) is 0 Å². The first-order valence-electron chi connectivity index (χ1n) is 8.53. The Morgan fingerprint density at radius 2 is 1.93 bits per heavy atom. The molecule has 0 radical (unpaired) electrons. The molecule has 0 N–H and O–H groups in total. The first-order chi connectivity index (χ1) is 13.1. The van der Waals surface area contributed by atoms with E-state index < -0.39 is 0 Å². The molecule has 0 atom stereocenters. The molecule has 1 aromatic carbocycles. The summed E-state index contributed by atoms with van der Waals surface area (Å²) >= 11 is 0.910. The van der Waals surface area contributed by atoms with Crippen LogP contribution < -0.4 is 4.74 Å². The van der Waals surface area contributed by atoms with Crippen LogP contribution in [0.3, 0.4) is 0 Å². The fourth-order valence-electron chi connectivity index (χ4n) is 2.65. The van der Waals surface area contributed by atoms with E-state index in [0.717, 1.165) is 22.2 Å². The number of carbonyl (C=O) groups excluding carboxylic acids is 3. The van der Waals surface area contributed by atoms with Gasteiger partial charge in [0, 0.05) is 19.6 Å². The lowest BCUT2D eigenvalue weighted by atomic mass is 10.2. The predicted octanol–water partition coefficient (Wildman–Crippen LogP) is 2.15. The Kier molecular flexibility index (Phi) is 6.31. The Labute approximate surface area is 161 Å². The molecule has 0 saturated carbocycles. The maximum atomic E-state index is 12.2. The number of morpholine rings is 1. The van der Waals surface area contributed by atoms with Gasteiger partial charge >= 0.3 is 0 Å². The highest BCUT2D eigenvalue weighted by Crippen LogP contribution is 2.32. The molecule has 3 amide bonds. The van der Waals surface area contributed by atoms with Gasteiger partial charge < -0.3 is 14.4 Å². The lowest BCUT2D eigenvalue weighted by molar-refractivity contribution is -0.137. The highest BCUT2D eigenvalue weighted by Gasteiger charge is 2.33. The number of carbonyl (C=O) groups is 3. The number of amides is 3. The molecule has 2 aliphatic heterocycles. The minimum atomic E-state index is -0.318. The van der Waals surface area contributed by atoms with E-state index in [4.69, 9.17) is 9.47 Å². The van der Waals surface area contributed by atoms with Gasteiger partial charge in [-0.05, 0) is 35.5 Å². The first-order valence-corrected chi connectivity index (χ1v) is 9.35. The molecule has 0 unspecified atom stereocenters. The number of imide groups is 1. The van der Waals surface area contributed by atoms with Crippen molar-refractivity contribution in [2.75, 3.05) is 39.5 Å². The molecule has 1 aromatic rings. The van der Waals surface area contributed by atoms with E-state index in [1.165, 1.54) is 6.08 Å². The fourth-order valence-corrected chi connectivity index (χ4v) is 3.50. The van der Waals surface area contributed by atoms with Gasteiger partial charge in [0.15, 0.2) is 6.61 Å². The third-order valence-electron chi connectivity index (χ3n) is 4.09. The smallest absolute Gasteiger partial charge is 0.293 e. The Hall–Kier alpha value is -2.58. The van der Waals surface area contributed by atoms with Crippen LogP contribution in [0.2, 0.25) is 0 Å². The van der Waals surface area contributed by atoms with Crippen LogP contribution in [0.25, 0.3) is 6.08 Å². The predicted molar refractivity (Wildman–Crippen MR) is 102 cm³/mol. The minimum Gasteiger partial charge on any atom is -0.484 e. The van der Waals surface area contributed by atoms with Crippen molar-refractivity contribution < 1.29 is 23.9 Å². The average Bonchev–Trinajstić information content (AvgIpc) is 2.95. The van der Waals surface area contributed by atoms with E-state index in [1.807, 2.05) is 0 Å². The van der Waals surface area contributed by atoms with Crippen LogP contribution >= 0.6 is 11.8 Å². The number of thioether (sulfide) groups is 1. The second-order valence-electron chi connectivity index (χ2n) is 5.93. The van der Waals surface area contributed by atoms with Crippen molar-refractivity contribution in [3.63, 3.8) is 0 Å². The fraction of sp³-hybridized carbons (Fsp3) is 0.316. The van der Waals surface area contributed by atoms with Gasteiger partial charge in [-0.3, -0.25) is 19.3 Å². The zero-order valence-corrected chi connectivity index (χ0v) is 15.6. The Bertz CT molecular complexity index is 769. The summed E-state index contributed by atoms with van der Waals surface area (Å²) < 4.78 is 10.8. The van der Waals surface area contributed by atoms with Crippen LogP contribution in [0, 0.1) is 0 Å². The Balaban J connectivity index is 1.57. The summed E-state index contributed by atoms with van der Waals surface area (Å²) in [7, 11) is 0. The van der Waals surface area contributed by atoms with Gasteiger partial charge in [-0.25, -0.2) is 0 Å². The van der Waals surface area contributed by atoms with Gasteiger partial charge in [0.2, 0.25) is 0 Å². The van der Waals surface area contributed by atoms with Crippen molar-refractivity contribution in [2.45, 2.75) is 0 Å². The SMILES string of the molecule is C=CCN1C(=O)S/C(=C\c2ccc(OCC(=O)N3CCOCC3)cc2)C1=O. The summed E-state index contributed by atoms with van der Waals surface area (Å²) in [5.41, 5.74) is 0.769. The number of ether oxygens (including phenoxy) is 2. The van der Waals surface area contributed by atoms with E-state index >= 15 is 0 Å². The molecule has 27 heavy (non-hydrogen) atoms. The van der Waals surface area contributed by atoms with E-state index in [2.05, 4.69) is 6.58 Å².